The zero-order valence-corrected chi connectivity index (χ0v) is 16.4. The van der Waals surface area contributed by atoms with Crippen molar-refractivity contribution >= 4 is 45.7 Å². The van der Waals surface area contributed by atoms with Crippen molar-refractivity contribution in [3.8, 4) is 11.5 Å². The maximum Gasteiger partial charge on any atom is 0.379 e. The smallest absolute Gasteiger partial charge is 0.379 e. The standard InChI is InChI=1S/C21H16Cl2O5/c1-26-21(25)19(24)15-11-17(22)20(18(23)12-15)28-9-8-27-16-7-6-13-4-2-3-5-14(13)10-16/h2-7,10-12H,8-9H2,1H3. The van der Waals surface area contributed by atoms with Gasteiger partial charge in [0.05, 0.1) is 17.2 Å². The molecular weight excluding hydrogens is 403 g/mol. The molecule has 0 aromatic heterocycles. The van der Waals surface area contributed by atoms with Crippen LogP contribution in [0.4, 0.5) is 0 Å². The normalized spacial score (nSPS) is 10.5. The van der Waals surface area contributed by atoms with Crippen LogP contribution in [-0.4, -0.2) is 32.1 Å². The Hall–Kier alpha value is -2.76. The predicted octanol–water partition coefficient (Wildman–Crippen LogP) is 4.96. The number of carbonyl (C=O) groups is 2. The monoisotopic (exact) mass is 418 g/mol. The third-order valence-electron chi connectivity index (χ3n) is 3.95. The van der Waals surface area contributed by atoms with Crippen LogP contribution < -0.4 is 9.47 Å². The molecule has 144 valence electrons. The van der Waals surface area contributed by atoms with Gasteiger partial charge in [-0.05, 0) is 35.0 Å². The first kappa shape index (κ1) is 20.0. The van der Waals surface area contributed by atoms with Crippen molar-refractivity contribution in [2.75, 3.05) is 20.3 Å². The summed E-state index contributed by atoms with van der Waals surface area (Å²) in [4.78, 5) is 23.2. The van der Waals surface area contributed by atoms with Crippen LogP contribution in [0.15, 0.2) is 54.6 Å². The number of carbonyl (C=O) groups excluding carboxylic acids is 2. The molecule has 0 aliphatic heterocycles. The number of ether oxygens (including phenoxy) is 3. The van der Waals surface area contributed by atoms with Gasteiger partial charge >= 0.3 is 5.97 Å². The minimum atomic E-state index is -0.996. The molecule has 5 nitrogen and oxygen atoms in total. The Bertz CT molecular complexity index is 1010. The molecule has 0 N–H and O–H groups in total. The quantitative estimate of drug-likeness (QED) is 0.235. The molecule has 3 aromatic rings. The van der Waals surface area contributed by atoms with Gasteiger partial charge in [-0.1, -0.05) is 53.5 Å². The summed E-state index contributed by atoms with van der Waals surface area (Å²) < 4.78 is 15.7. The SMILES string of the molecule is COC(=O)C(=O)c1cc(Cl)c(OCCOc2ccc3ccccc3c2)c(Cl)c1. The second kappa shape index (κ2) is 8.95. The van der Waals surface area contributed by atoms with E-state index < -0.39 is 11.8 Å². The van der Waals surface area contributed by atoms with Gasteiger partial charge in [0.1, 0.15) is 19.0 Å². The summed E-state index contributed by atoms with van der Waals surface area (Å²) >= 11 is 12.3. The van der Waals surface area contributed by atoms with Crippen molar-refractivity contribution in [1.82, 2.24) is 0 Å². The molecule has 0 bridgehead atoms. The van der Waals surface area contributed by atoms with Gasteiger partial charge in [0, 0.05) is 5.56 Å². The molecule has 0 saturated carbocycles. The van der Waals surface area contributed by atoms with Gasteiger partial charge in [0.15, 0.2) is 5.75 Å². The van der Waals surface area contributed by atoms with Crippen LogP contribution in [0.1, 0.15) is 10.4 Å². The molecule has 0 unspecified atom stereocenters. The first-order chi connectivity index (χ1) is 13.5. The predicted molar refractivity (Wildman–Crippen MR) is 108 cm³/mol. The number of hydrogen-bond donors (Lipinski definition) is 0. The molecule has 3 rings (SSSR count). The number of methoxy groups -OCH3 is 1. The topological polar surface area (TPSA) is 61.8 Å². The van der Waals surface area contributed by atoms with Crippen LogP contribution >= 0.6 is 23.2 Å². The van der Waals surface area contributed by atoms with E-state index in [9.17, 15) is 9.59 Å². The molecular formula is C21H16Cl2O5. The lowest BCUT2D eigenvalue weighted by Crippen LogP contribution is -2.16. The van der Waals surface area contributed by atoms with Crippen LogP contribution in [0.2, 0.25) is 10.0 Å². The van der Waals surface area contributed by atoms with E-state index in [-0.39, 0.29) is 34.6 Å². The molecule has 0 atom stereocenters. The molecule has 0 amide bonds. The zero-order chi connectivity index (χ0) is 20.1. The maximum absolute atomic E-state index is 11.8. The largest absolute Gasteiger partial charge is 0.490 e. The van der Waals surface area contributed by atoms with E-state index in [1.807, 2.05) is 42.5 Å². The van der Waals surface area contributed by atoms with Crippen LogP contribution in [0.25, 0.3) is 10.8 Å². The van der Waals surface area contributed by atoms with E-state index in [4.69, 9.17) is 32.7 Å². The first-order valence-electron chi connectivity index (χ1n) is 8.35. The molecule has 28 heavy (non-hydrogen) atoms. The van der Waals surface area contributed by atoms with Gasteiger partial charge in [-0.3, -0.25) is 4.79 Å². The van der Waals surface area contributed by atoms with Gasteiger partial charge in [-0.2, -0.15) is 0 Å². The summed E-state index contributed by atoms with van der Waals surface area (Å²) in [6.07, 6.45) is 0. The number of Topliss-reactive ketones (excluding diaryl/α,β-unsaturated/α-hetero) is 1. The highest BCUT2D eigenvalue weighted by Crippen LogP contribution is 2.34. The fourth-order valence-corrected chi connectivity index (χ4v) is 3.20. The van der Waals surface area contributed by atoms with Gasteiger partial charge in [-0.15, -0.1) is 0 Å². The number of fused-ring (bicyclic) bond motifs is 1. The molecule has 0 saturated heterocycles. The molecule has 0 heterocycles. The Balaban J connectivity index is 1.61. The second-order valence-corrected chi connectivity index (χ2v) is 6.61. The Kier molecular flexibility index (Phi) is 6.39. The molecule has 0 aliphatic rings. The van der Waals surface area contributed by atoms with E-state index in [0.29, 0.717) is 0 Å². The lowest BCUT2D eigenvalue weighted by atomic mass is 10.1. The van der Waals surface area contributed by atoms with E-state index in [2.05, 4.69) is 4.74 Å². The van der Waals surface area contributed by atoms with Gasteiger partial charge in [0.25, 0.3) is 5.78 Å². The third kappa shape index (κ3) is 4.55. The Morgan fingerprint density at radius 3 is 2.18 bits per heavy atom. The lowest BCUT2D eigenvalue weighted by molar-refractivity contribution is -0.135. The highest BCUT2D eigenvalue weighted by Gasteiger charge is 2.20. The van der Waals surface area contributed by atoms with Gasteiger partial charge < -0.3 is 14.2 Å². The summed E-state index contributed by atoms with van der Waals surface area (Å²) in [5.74, 6) is -0.896. The summed E-state index contributed by atoms with van der Waals surface area (Å²) in [6, 6.07) is 16.4. The Labute approximate surface area is 171 Å². The summed E-state index contributed by atoms with van der Waals surface area (Å²) in [5, 5.41) is 2.44. The number of benzene rings is 3. The number of rotatable bonds is 7. The molecule has 0 spiro atoms. The van der Waals surface area contributed by atoms with Gasteiger partial charge in [-0.25, -0.2) is 4.79 Å². The van der Waals surface area contributed by atoms with Crippen molar-refractivity contribution in [2.45, 2.75) is 0 Å². The number of esters is 1. The van der Waals surface area contributed by atoms with E-state index in [1.54, 1.807) is 0 Å². The second-order valence-electron chi connectivity index (χ2n) is 5.80. The number of hydrogen-bond acceptors (Lipinski definition) is 5. The average molecular weight is 419 g/mol. The Morgan fingerprint density at radius 1 is 0.857 bits per heavy atom. The van der Waals surface area contributed by atoms with E-state index in [1.165, 1.54) is 12.1 Å². The molecule has 0 aliphatic carbocycles. The van der Waals surface area contributed by atoms with Crippen molar-refractivity contribution < 1.29 is 23.8 Å². The van der Waals surface area contributed by atoms with Crippen LogP contribution in [0.3, 0.4) is 0 Å². The van der Waals surface area contributed by atoms with Crippen molar-refractivity contribution in [1.29, 1.82) is 0 Å². The molecule has 0 radical (unpaired) electrons. The first-order valence-corrected chi connectivity index (χ1v) is 9.11. The minimum absolute atomic E-state index is 0.0293. The summed E-state index contributed by atoms with van der Waals surface area (Å²) in [6.45, 7) is 0.463. The third-order valence-corrected chi connectivity index (χ3v) is 4.51. The maximum atomic E-state index is 11.8. The number of ketones is 1. The van der Waals surface area contributed by atoms with E-state index in [0.717, 1.165) is 23.6 Å². The highest BCUT2D eigenvalue weighted by molar-refractivity contribution is 6.43. The highest BCUT2D eigenvalue weighted by atomic mass is 35.5. The van der Waals surface area contributed by atoms with Crippen molar-refractivity contribution in [3.05, 3.63) is 70.2 Å². The van der Waals surface area contributed by atoms with Crippen LogP contribution in [-0.2, 0) is 9.53 Å². The van der Waals surface area contributed by atoms with Crippen molar-refractivity contribution in [2.24, 2.45) is 0 Å². The van der Waals surface area contributed by atoms with Crippen molar-refractivity contribution in [3.63, 3.8) is 0 Å². The summed E-state index contributed by atoms with van der Waals surface area (Å²) in [7, 11) is 1.12. The average Bonchev–Trinajstić information content (AvgIpc) is 2.71. The molecule has 0 fully saturated rings. The summed E-state index contributed by atoms with van der Waals surface area (Å²) in [5.41, 5.74) is 0.0293. The van der Waals surface area contributed by atoms with Crippen LogP contribution in [0.5, 0.6) is 11.5 Å². The fourth-order valence-electron chi connectivity index (χ4n) is 2.60. The minimum Gasteiger partial charge on any atom is -0.490 e. The van der Waals surface area contributed by atoms with Gasteiger partial charge in [0.2, 0.25) is 0 Å². The zero-order valence-electron chi connectivity index (χ0n) is 14.9. The lowest BCUT2D eigenvalue weighted by Gasteiger charge is -2.12. The molecule has 7 heteroatoms. The van der Waals surface area contributed by atoms with Crippen LogP contribution in [0, 0.1) is 0 Å². The number of halogens is 2. The fraction of sp³-hybridized carbons (Fsp3) is 0.143. The molecule has 3 aromatic carbocycles. The Morgan fingerprint density at radius 2 is 1.50 bits per heavy atom. The van der Waals surface area contributed by atoms with E-state index >= 15 is 0 Å².